The molecule has 4 aromatic rings. The number of hydrogen-bond acceptors (Lipinski definition) is 7. The molecule has 0 aliphatic carbocycles. The third kappa shape index (κ3) is 5.57. The molecule has 0 aliphatic heterocycles. The summed E-state index contributed by atoms with van der Waals surface area (Å²) in [7, 11) is 0. The van der Waals surface area contributed by atoms with Crippen molar-refractivity contribution in [2.45, 2.75) is 17.8 Å². The molecule has 2 aromatic heterocycles. The Labute approximate surface area is 192 Å². The Balaban J connectivity index is 1.60. The molecule has 0 fully saturated rings. The predicted molar refractivity (Wildman–Crippen MR) is 122 cm³/mol. The Morgan fingerprint density at radius 2 is 1.61 bits per heavy atom. The number of anilines is 2. The van der Waals surface area contributed by atoms with Crippen LogP contribution < -0.4 is 10.6 Å². The van der Waals surface area contributed by atoms with Gasteiger partial charge in [-0.1, -0.05) is 17.0 Å². The summed E-state index contributed by atoms with van der Waals surface area (Å²) in [5.74, 6) is -0.722. The molecule has 2 aromatic carbocycles. The number of carbonyl (C=O) groups is 2. The van der Waals surface area contributed by atoms with Crippen molar-refractivity contribution in [2.75, 3.05) is 10.6 Å². The molecular weight excluding hydrogens is 445 g/mol. The molecule has 0 unspecified atom stereocenters. The van der Waals surface area contributed by atoms with E-state index >= 15 is 0 Å². The molecule has 0 radical (unpaired) electrons. The van der Waals surface area contributed by atoms with Crippen LogP contribution in [0, 0.1) is 5.82 Å². The lowest BCUT2D eigenvalue weighted by molar-refractivity contribution is -0.114. The van der Waals surface area contributed by atoms with Crippen LogP contribution >= 0.6 is 11.8 Å². The molecule has 2 N–H and O–H groups in total. The fraction of sp³-hybridized carbons (Fsp3) is 0.0909. The standard InChI is InChI=1S/C22H18FN7O2S/c1-14(31)26-16-5-7-17(8-6-16)27-21(32)20-19(13-33-22-24-11-2-12-25-22)30(29-28-20)18-9-3-15(23)4-10-18/h2-12H,13H2,1H3,(H,26,31)(H,27,32). The van der Waals surface area contributed by atoms with Gasteiger partial charge in [-0.05, 0) is 54.6 Å². The van der Waals surface area contributed by atoms with E-state index in [-0.39, 0.29) is 17.4 Å². The van der Waals surface area contributed by atoms with Crippen LogP contribution in [-0.4, -0.2) is 36.8 Å². The van der Waals surface area contributed by atoms with E-state index in [0.717, 1.165) is 0 Å². The number of thioether (sulfide) groups is 1. The Bertz CT molecular complexity index is 1260. The fourth-order valence-electron chi connectivity index (χ4n) is 2.92. The Morgan fingerprint density at radius 1 is 0.970 bits per heavy atom. The monoisotopic (exact) mass is 463 g/mol. The van der Waals surface area contributed by atoms with Gasteiger partial charge in [-0.3, -0.25) is 9.59 Å². The van der Waals surface area contributed by atoms with Gasteiger partial charge in [0.25, 0.3) is 5.91 Å². The van der Waals surface area contributed by atoms with Gasteiger partial charge in [-0.15, -0.1) is 5.10 Å². The van der Waals surface area contributed by atoms with Crippen molar-refractivity contribution in [1.29, 1.82) is 0 Å². The van der Waals surface area contributed by atoms with Crippen LogP contribution in [0.1, 0.15) is 23.1 Å². The van der Waals surface area contributed by atoms with Crippen LogP contribution in [-0.2, 0) is 10.5 Å². The van der Waals surface area contributed by atoms with Gasteiger partial charge in [0, 0.05) is 36.4 Å². The van der Waals surface area contributed by atoms with Crippen molar-refractivity contribution in [2.24, 2.45) is 0 Å². The highest BCUT2D eigenvalue weighted by atomic mass is 32.2. The van der Waals surface area contributed by atoms with Crippen LogP contribution in [0.25, 0.3) is 5.69 Å². The van der Waals surface area contributed by atoms with Gasteiger partial charge in [0.1, 0.15) is 5.82 Å². The Hall–Kier alpha value is -4.12. The lowest BCUT2D eigenvalue weighted by atomic mass is 10.2. The molecule has 0 bridgehead atoms. The highest BCUT2D eigenvalue weighted by Gasteiger charge is 2.21. The van der Waals surface area contributed by atoms with Crippen molar-refractivity contribution in [3.63, 3.8) is 0 Å². The molecule has 2 heterocycles. The van der Waals surface area contributed by atoms with E-state index in [4.69, 9.17) is 0 Å². The van der Waals surface area contributed by atoms with Gasteiger partial charge in [-0.2, -0.15) is 0 Å². The predicted octanol–water partition coefficient (Wildman–Crippen LogP) is 3.70. The van der Waals surface area contributed by atoms with Crippen molar-refractivity contribution < 1.29 is 14.0 Å². The number of hydrogen-bond donors (Lipinski definition) is 2. The number of nitrogens with one attached hydrogen (secondary N) is 2. The smallest absolute Gasteiger partial charge is 0.278 e. The van der Waals surface area contributed by atoms with Gasteiger partial charge in [-0.25, -0.2) is 19.0 Å². The number of halogens is 1. The second-order valence-electron chi connectivity index (χ2n) is 6.81. The molecular formula is C22H18FN7O2S. The quantitative estimate of drug-likeness (QED) is 0.317. The van der Waals surface area contributed by atoms with Gasteiger partial charge >= 0.3 is 0 Å². The summed E-state index contributed by atoms with van der Waals surface area (Å²) >= 11 is 1.32. The van der Waals surface area contributed by atoms with Gasteiger partial charge < -0.3 is 10.6 Å². The maximum absolute atomic E-state index is 13.4. The summed E-state index contributed by atoms with van der Waals surface area (Å²) in [5, 5.41) is 14.2. The fourth-order valence-corrected chi connectivity index (χ4v) is 3.72. The number of aromatic nitrogens is 5. The molecule has 0 atom stereocenters. The zero-order chi connectivity index (χ0) is 23.2. The number of amides is 2. The SMILES string of the molecule is CC(=O)Nc1ccc(NC(=O)c2nnn(-c3ccc(F)cc3)c2CSc2ncccn2)cc1. The maximum Gasteiger partial charge on any atom is 0.278 e. The summed E-state index contributed by atoms with van der Waals surface area (Å²) in [6.07, 6.45) is 3.26. The molecule has 9 nitrogen and oxygen atoms in total. The van der Waals surface area contributed by atoms with E-state index in [0.29, 0.717) is 33.7 Å². The highest BCUT2D eigenvalue weighted by molar-refractivity contribution is 7.98. The lowest BCUT2D eigenvalue weighted by Gasteiger charge is -2.09. The van der Waals surface area contributed by atoms with Gasteiger partial charge in [0.05, 0.1) is 11.4 Å². The van der Waals surface area contributed by atoms with Crippen LogP contribution in [0.5, 0.6) is 0 Å². The lowest BCUT2D eigenvalue weighted by Crippen LogP contribution is -2.15. The minimum Gasteiger partial charge on any atom is -0.326 e. The summed E-state index contributed by atoms with van der Waals surface area (Å²) in [6.45, 7) is 1.42. The maximum atomic E-state index is 13.4. The highest BCUT2D eigenvalue weighted by Crippen LogP contribution is 2.24. The van der Waals surface area contributed by atoms with E-state index in [9.17, 15) is 14.0 Å². The molecule has 2 amide bonds. The Morgan fingerprint density at radius 3 is 2.24 bits per heavy atom. The first-order chi connectivity index (χ1) is 16.0. The van der Waals surface area contributed by atoms with Crippen LogP contribution in [0.2, 0.25) is 0 Å². The van der Waals surface area contributed by atoms with Crippen molar-refractivity contribution in [3.05, 3.63) is 84.2 Å². The van der Waals surface area contributed by atoms with Gasteiger partial charge in [0.2, 0.25) is 5.91 Å². The normalized spacial score (nSPS) is 10.6. The average molecular weight is 463 g/mol. The molecule has 11 heteroatoms. The minimum atomic E-state index is -0.458. The molecule has 166 valence electrons. The third-order valence-electron chi connectivity index (χ3n) is 4.39. The Kier molecular flexibility index (Phi) is 6.69. The summed E-state index contributed by atoms with van der Waals surface area (Å²) in [5.41, 5.74) is 2.32. The first-order valence-electron chi connectivity index (χ1n) is 9.79. The van der Waals surface area contributed by atoms with Crippen molar-refractivity contribution in [3.8, 4) is 5.69 Å². The molecule has 33 heavy (non-hydrogen) atoms. The van der Waals surface area contributed by atoms with Crippen LogP contribution in [0.4, 0.5) is 15.8 Å². The van der Waals surface area contributed by atoms with Crippen molar-refractivity contribution in [1.82, 2.24) is 25.0 Å². The molecule has 0 saturated carbocycles. The number of nitrogens with zero attached hydrogens (tertiary/aromatic N) is 5. The number of rotatable bonds is 7. The average Bonchev–Trinajstić information content (AvgIpc) is 3.24. The zero-order valence-corrected chi connectivity index (χ0v) is 18.2. The van der Waals surface area contributed by atoms with E-state index in [1.165, 1.54) is 35.5 Å². The van der Waals surface area contributed by atoms with E-state index in [2.05, 4.69) is 30.9 Å². The van der Waals surface area contributed by atoms with E-state index in [1.54, 1.807) is 54.9 Å². The van der Waals surface area contributed by atoms with E-state index in [1.807, 2.05) is 0 Å². The first-order valence-corrected chi connectivity index (χ1v) is 10.8. The first kappa shape index (κ1) is 22.1. The van der Waals surface area contributed by atoms with Gasteiger partial charge in [0.15, 0.2) is 10.9 Å². The molecule has 0 aliphatic rings. The number of carbonyl (C=O) groups excluding carboxylic acids is 2. The summed E-state index contributed by atoms with van der Waals surface area (Å²) < 4.78 is 14.9. The van der Waals surface area contributed by atoms with E-state index < -0.39 is 5.91 Å². The largest absolute Gasteiger partial charge is 0.326 e. The topological polar surface area (TPSA) is 115 Å². The summed E-state index contributed by atoms with van der Waals surface area (Å²) in [6, 6.07) is 14.1. The van der Waals surface area contributed by atoms with Crippen LogP contribution in [0.3, 0.4) is 0 Å². The number of benzene rings is 2. The zero-order valence-electron chi connectivity index (χ0n) is 17.4. The molecule has 0 saturated heterocycles. The minimum absolute atomic E-state index is 0.119. The van der Waals surface area contributed by atoms with Crippen LogP contribution in [0.15, 0.2) is 72.1 Å². The second-order valence-corrected chi connectivity index (χ2v) is 7.75. The van der Waals surface area contributed by atoms with Crippen molar-refractivity contribution >= 4 is 35.0 Å². The summed E-state index contributed by atoms with van der Waals surface area (Å²) in [4.78, 5) is 32.6. The molecule has 4 rings (SSSR count). The second kappa shape index (κ2) is 10.0. The molecule has 0 spiro atoms. The third-order valence-corrected chi connectivity index (χ3v) is 5.28.